The molecule has 2 N–H and O–H groups in total. The summed E-state index contributed by atoms with van der Waals surface area (Å²) in [6.45, 7) is 1.22. The molecule has 86 valence electrons. The zero-order valence-corrected chi connectivity index (χ0v) is 8.70. The molecule has 0 spiro atoms. The van der Waals surface area contributed by atoms with Crippen LogP contribution in [0.1, 0.15) is 23.3 Å². The summed E-state index contributed by atoms with van der Waals surface area (Å²) in [4.78, 5) is 20.7. The lowest BCUT2D eigenvalue weighted by Gasteiger charge is -2.30. The molecule has 0 radical (unpaired) electrons. The molecule has 16 heavy (non-hydrogen) atoms. The normalized spacial score (nSPS) is 17.4. The summed E-state index contributed by atoms with van der Waals surface area (Å²) in [6.07, 6.45) is 3.82. The SMILES string of the molecule is O=C(O)c1nccnc1N1CCC(O)CC1. The van der Waals surface area contributed by atoms with Crippen LogP contribution in [0.3, 0.4) is 0 Å². The summed E-state index contributed by atoms with van der Waals surface area (Å²) in [5.41, 5.74) is -0.0288. The van der Waals surface area contributed by atoms with Gasteiger partial charge in [-0.25, -0.2) is 14.8 Å². The summed E-state index contributed by atoms with van der Waals surface area (Å²) >= 11 is 0. The maximum atomic E-state index is 11.0. The number of hydrogen-bond acceptors (Lipinski definition) is 5. The number of carbonyl (C=O) groups is 1. The van der Waals surface area contributed by atoms with E-state index in [0.29, 0.717) is 31.7 Å². The fraction of sp³-hybridized carbons (Fsp3) is 0.500. The van der Waals surface area contributed by atoms with Crippen LogP contribution in [0, 0.1) is 0 Å². The van der Waals surface area contributed by atoms with Gasteiger partial charge < -0.3 is 15.1 Å². The highest BCUT2D eigenvalue weighted by Gasteiger charge is 2.23. The predicted octanol–water partition coefficient (Wildman–Crippen LogP) is 0.136. The van der Waals surface area contributed by atoms with Gasteiger partial charge in [-0.2, -0.15) is 0 Å². The molecule has 6 nitrogen and oxygen atoms in total. The second-order valence-corrected chi connectivity index (χ2v) is 3.75. The fourth-order valence-corrected chi connectivity index (χ4v) is 1.79. The van der Waals surface area contributed by atoms with E-state index in [0.717, 1.165) is 0 Å². The van der Waals surface area contributed by atoms with E-state index in [9.17, 15) is 9.90 Å². The molecule has 0 saturated carbocycles. The predicted molar refractivity (Wildman–Crippen MR) is 56.4 cm³/mol. The van der Waals surface area contributed by atoms with Gasteiger partial charge in [-0.3, -0.25) is 0 Å². The Kier molecular flexibility index (Phi) is 3.00. The van der Waals surface area contributed by atoms with Crippen LogP contribution in [-0.2, 0) is 0 Å². The molecule has 1 fully saturated rings. The molecular weight excluding hydrogens is 210 g/mol. The highest BCUT2D eigenvalue weighted by molar-refractivity contribution is 5.90. The number of carboxylic acids is 1. The third-order valence-corrected chi connectivity index (χ3v) is 2.65. The highest BCUT2D eigenvalue weighted by atomic mass is 16.4. The van der Waals surface area contributed by atoms with E-state index in [1.54, 1.807) is 0 Å². The molecule has 1 aromatic heterocycles. The van der Waals surface area contributed by atoms with Gasteiger partial charge >= 0.3 is 5.97 Å². The van der Waals surface area contributed by atoms with Crippen molar-refractivity contribution in [2.75, 3.05) is 18.0 Å². The first kappa shape index (κ1) is 10.8. The smallest absolute Gasteiger partial charge is 0.358 e. The van der Waals surface area contributed by atoms with E-state index < -0.39 is 5.97 Å². The van der Waals surface area contributed by atoms with Crippen molar-refractivity contribution in [1.82, 2.24) is 9.97 Å². The molecule has 1 aromatic rings. The minimum absolute atomic E-state index is 0.0288. The molecule has 0 unspecified atom stereocenters. The van der Waals surface area contributed by atoms with Crippen LogP contribution in [0.15, 0.2) is 12.4 Å². The van der Waals surface area contributed by atoms with Gasteiger partial charge in [0.2, 0.25) is 0 Å². The number of piperidine rings is 1. The molecule has 2 heterocycles. The van der Waals surface area contributed by atoms with E-state index in [2.05, 4.69) is 9.97 Å². The first-order chi connectivity index (χ1) is 7.68. The average molecular weight is 223 g/mol. The molecule has 1 aliphatic rings. The Balaban J connectivity index is 2.23. The molecule has 1 aliphatic heterocycles. The lowest BCUT2D eigenvalue weighted by molar-refractivity contribution is 0.0690. The Labute approximate surface area is 92.6 Å². The molecule has 0 aromatic carbocycles. The van der Waals surface area contributed by atoms with Gasteiger partial charge in [-0.1, -0.05) is 0 Å². The zero-order valence-electron chi connectivity index (χ0n) is 8.70. The molecule has 0 bridgehead atoms. The molecule has 0 atom stereocenters. The quantitative estimate of drug-likeness (QED) is 0.741. The number of nitrogens with zero attached hydrogens (tertiary/aromatic N) is 3. The number of aromatic nitrogens is 2. The number of carboxylic acid groups (broad SMARTS) is 1. The zero-order chi connectivity index (χ0) is 11.5. The molecular formula is C10H13N3O3. The lowest BCUT2D eigenvalue weighted by Crippen LogP contribution is -2.37. The number of hydrogen-bond donors (Lipinski definition) is 2. The molecule has 0 aliphatic carbocycles. The summed E-state index contributed by atoms with van der Waals surface area (Å²) in [5, 5.41) is 18.3. The summed E-state index contributed by atoms with van der Waals surface area (Å²) in [5.74, 6) is -0.684. The number of aliphatic hydroxyl groups is 1. The van der Waals surface area contributed by atoms with Gasteiger partial charge in [0.15, 0.2) is 11.5 Å². The lowest BCUT2D eigenvalue weighted by atomic mass is 10.1. The third-order valence-electron chi connectivity index (χ3n) is 2.65. The highest BCUT2D eigenvalue weighted by Crippen LogP contribution is 2.20. The molecule has 2 rings (SSSR count). The standard InChI is InChI=1S/C10H13N3O3/c14-7-1-5-13(6-2-7)9-8(10(15)16)11-3-4-12-9/h3-4,7,14H,1-2,5-6H2,(H,15,16). The summed E-state index contributed by atoms with van der Waals surface area (Å²) in [6, 6.07) is 0. The van der Waals surface area contributed by atoms with E-state index in [1.165, 1.54) is 12.4 Å². The minimum Gasteiger partial charge on any atom is -0.476 e. The van der Waals surface area contributed by atoms with Crippen LogP contribution in [0.25, 0.3) is 0 Å². The largest absolute Gasteiger partial charge is 0.476 e. The van der Waals surface area contributed by atoms with Crippen molar-refractivity contribution in [2.45, 2.75) is 18.9 Å². The first-order valence-corrected chi connectivity index (χ1v) is 5.16. The van der Waals surface area contributed by atoms with Gasteiger partial charge in [0.05, 0.1) is 6.10 Å². The minimum atomic E-state index is -1.07. The van der Waals surface area contributed by atoms with Crippen molar-refractivity contribution in [3.63, 3.8) is 0 Å². The van der Waals surface area contributed by atoms with Crippen molar-refractivity contribution in [1.29, 1.82) is 0 Å². The van der Waals surface area contributed by atoms with Gasteiger partial charge in [-0.05, 0) is 12.8 Å². The topological polar surface area (TPSA) is 86.5 Å². The second-order valence-electron chi connectivity index (χ2n) is 3.75. The second kappa shape index (κ2) is 4.44. The van der Waals surface area contributed by atoms with Crippen LogP contribution in [0.2, 0.25) is 0 Å². The Morgan fingerprint density at radius 3 is 2.56 bits per heavy atom. The fourth-order valence-electron chi connectivity index (χ4n) is 1.79. The molecule has 1 saturated heterocycles. The number of aliphatic hydroxyl groups excluding tert-OH is 1. The van der Waals surface area contributed by atoms with Crippen LogP contribution in [-0.4, -0.2) is 45.3 Å². The average Bonchev–Trinajstić information content (AvgIpc) is 2.30. The van der Waals surface area contributed by atoms with Crippen LogP contribution in [0.4, 0.5) is 5.82 Å². The Hall–Kier alpha value is -1.69. The third kappa shape index (κ3) is 2.11. The van der Waals surface area contributed by atoms with Crippen molar-refractivity contribution in [3.05, 3.63) is 18.1 Å². The van der Waals surface area contributed by atoms with E-state index in [1.807, 2.05) is 4.90 Å². The van der Waals surface area contributed by atoms with Gasteiger partial charge in [-0.15, -0.1) is 0 Å². The number of aromatic carboxylic acids is 1. The van der Waals surface area contributed by atoms with Crippen LogP contribution < -0.4 is 4.90 Å². The van der Waals surface area contributed by atoms with Gasteiger partial charge in [0, 0.05) is 25.5 Å². The maximum Gasteiger partial charge on any atom is 0.358 e. The molecule has 6 heteroatoms. The summed E-state index contributed by atoms with van der Waals surface area (Å²) in [7, 11) is 0. The van der Waals surface area contributed by atoms with Crippen molar-refractivity contribution >= 4 is 11.8 Å². The Morgan fingerprint density at radius 2 is 1.94 bits per heavy atom. The van der Waals surface area contributed by atoms with Crippen molar-refractivity contribution < 1.29 is 15.0 Å². The molecule has 0 amide bonds. The van der Waals surface area contributed by atoms with Crippen LogP contribution >= 0.6 is 0 Å². The first-order valence-electron chi connectivity index (χ1n) is 5.16. The monoisotopic (exact) mass is 223 g/mol. The summed E-state index contributed by atoms with van der Waals surface area (Å²) < 4.78 is 0. The van der Waals surface area contributed by atoms with Crippen LogP contribution in [0.5, 0.6) is 0 Å². The van der Waals surface area contributed by atoms with Gasteiger partial charge in [0.1, 0.15) is 0 Å². The van der Waals surface area contributed by atoms with E-state index >= 15 is 0 Å². The van der Waals surface area contributed by atoms with Crippen molar-refractivity contribution in [3.8, 4) is 0 Å². The Morgan fingerprint density at radius 1 is 1.31 bits per heavy atom. The van der Waals surface area contributed by atoms with E-state index in [-0.39, 0.29) is 11.8 Å². The Bertz CT molecular complexity index is 389. The van der Waals surface area contributed by atoms with Gasteiger partial charge in [0.25, 0.3) is 0 Å². The number of anilines is 1. The maximum absolute atomic E-state index is 11.0. The van der Waals surface area contributed by atoms with E-state index in [4.69, 9.17) is 5.11 Å². The number of rotatable bonds is 2. The van der Waals surface area contributed by atoms with Crippen molar-refractivity contribution in [2.24, 2.45) is 0 Å².